The molecule has 6 heteroatoms. The van der Waals surface area contributed by atoms with Crippen molar-refractivity contribution in [2.75, 3.05) is 4.90 Å². The summed E-state index contributed by atoms with van der Waals surface area (Å²) in [6, 6.07) is 54.5. The number of hydrogen-bond donors (Lipinski definition) is 0. The molecule has 0 atom stereocenters. The number of carbonyl (C=O) groups excluding carboxylic acids is 2. The molecule has 0 saturated heterocycles. The van der Waals surface area contributed by atoms with Crippen molar-refractivity contribution in [1.82, 2.24) is 4.57 Å². The molecule has 7 aromatic carbocycles. The van der Waals surface area contributed by atoms with Gasteiger partial charge in [-0.25, -0.2) is 4.90 Å². The molecule has 0 aliphatic carbocycles. The molecule has 9 rings (SSSR count). The number of hydrogen-bond acceptors (Lipinski definition) is 4. The Morgan fingerprint density at radius 3 is 1.60 bits per heavy atom. The van der Waals surface area contributed by atoms with Crippen LogP contribution in [0.25, 0.3) is 60.9 Å². The Kier molecular flexibility index (Phi) is 7.10. The van der Waals surface area contributed by atoms with E-state index in [2.05, 4.69) is 24.3 Å². The van der Waals surface area contributed by atoms with Crippen LogP contribution in [0.15, 0.2) is 158 Å². The van der Waals surface area contributed by atoms with E-state index in [0.717, 1.165) is 55.2 Å². The molecule has 0 spiro atoms. The number of anilines is 1. The van der Waals surface area contributed by atoms with Crippen molar-refractivity contribution in [1.29, 1.82) is 10.5 Å². The van der Waals surface area contributed by atoms with E-state index < -0.39 is 5.91 Å². The minimum atomic E-state index is -0.394. The van der Waals surface area contributed by atoms with E-state index in [1.54, 1.807) is 24.3 Å². The number of aromatic nitrogens is 1. The molecule has 2 heterocycles. The average Bonchev–Trinajstić information content (AvgIpc) is 3.67. The lowest BCUT2D eigenvalue weighted by Gasteiger charge is -2.16. The Morgan fingerprint density at radius 1 is 0.442 bits per heavy atom. The lowest BCUT2D eigenvalue weighted by Crippen LogP contribution is -2.29. The van der Waals surface area contributed by atoms with Crippen molar-refractivity contribution in [2.24, 2.45) is 0 Å². The zero-order chi connectivity index (χ0) is 35.3. The predicted molar refractivity (Wildman–Crippen MR) is 204 cm³/mol. The van der Waals surface area contributed by atoms with Crippen LogP contribution in [0, 0.1) is 22.7 Å². The van der Waals surface area contributed by atoms with Crippen molar-refractivity contribution in [2.45, 2.75) is 0 Å². The van der Waals surface area contributed by atoms with Crippen molar-refractivity contribution >= 4 is 39.3 Å². The van der Waals surface area contributed by atoms with Crippen LogP contribution in [0.3, 0.4) is 0 Å². The van der Waals surface area contributed by atoms with E-state index in [0.29, 0.717) is 33.6 Å². The third kappa shape index (κ3) is 4.71. The smallest absolute Gasteiger partial charge is 0.268 e. The molecule has 0 N–H and O–H groups in total. The molecule has 1 aromatic heterocycles. The van der Waals surface area contributed by atoms with Crippen molar-refractivity contribution < 1.29 is 9.59 Å². The topological polar surface area (TPSA) is 89.9 Å². The molecule has 0 unspecified atom stereocenters. The highest BCUT2D eigenvalue weighted by Gasteiger charge is 2.39. The Balaban J connectivity index is 1.26. The van der Waals surface area contributed by atoms with Crippen LogP contribution in [0.4, 0.5) is 5.69 Å². The zero-order valence-corrected chi connectivity index (χ0v) is 27.6. The van der Waals surface area contributed by atoms with Gasteiger partial charge in [-0.05, 0) is 94.0 Å². The summed E-state index contributed by atoms with van der Waals surface area (Å²) in [6.07, 6.45) is 0. The lowest BCUT2D eigenvalue weighted by molar-refractivity contribution is 0.0926. The summed E-state index contributed by atoms with van der Waals surface area (Å²) in [4.78, 5) is 29.8. The van der Waals surface area contributed by atoms with E-state index in [1.807, 2.05) is 126 Å². The summed E-state index contributed by atoms with van der Waals surface area (Å²) in [6.45, 7) is 0. The number of benzene rings is 7. The molecular weight excluding hydrogens is 641 g/mol. The molecule has 52 heavy (non-hydrogen) atoms. The van der Waals surface area contributed by atoms with Gasteiger partial charge >= 0.3 is 0 Å². The number of rotatable bonds is 5. The molecule has 1 aliphatic heterocycles. The van der Waals surface area contributed by atoms with Gasteiger partial charge in [0.1, 0.15) is 0 Å². The zero-order valence-electron chi connectivity index (χ0n) is 27.6. The maximum atomic E-state index is 14.5. The molecule has 0 radical (unpaired) electrons. The van der Waals surface area contributed by atoms with Crippen LogP contribution >= 0.6 is 0 Å². The van der Waals surface area contributed by atoms with Gasteiger partial charge in [-0.3, -0.25) is 9.59 Å². The van der Waals surface area contributed by atoms with Gasteiger partial charge in [-0.2, -0.15) is 10.5 Å². The monoisotopic (exact) mass is 666 g/mol. The third-order valence-electron chi connectivity index (χ3n) is 9.83. The molecule has 8 aromatic rings. The third-order valence-corrected chi connectivity index (χ3v) is 9.83. The Morgan fingerprint density at radius 2 is 0.981 bits per heavy atom. The molecular formula is C46H26N4O2. The van der Waals surface area contributed by atoms with Gasteiger partial charge < -0.3 is 4.57 Å². The van der Waals surface area contributed by atoms with Gasteiger partial charge in [0.05, 0.1) is 56.8 Å². The quantitative estimate of drug-likeness (QED) is 0.171. The second kappa shape index (κ2) is 12.1. The first-order valence-corrected chi connectivity index (χ1v) is 16.8. The number of nitriles is 2. The molecule has 1 aliphatic rings. The maximum Gasteiger partial charge on any atom is 0.268 e. The second-order valence-corrected chi connectivity index (χ2v) is 12.7. The van der Waals surface area contributed by atoms with E-state index in [4.69, 9.17) is 0 Å². The highest BCUT2D eigenvalue weighted by atomic mass is 16.2. The van der Waals surface area contributed by atoms with Crippen molar-refractivity contribution in [3.63, 3.8) is 0 Å². The molecule has 0 fully saturated rings. The maximum absolute atomic E-state index is 14.5. The highest BCUT2D eigenvalue weighted by Crippen LogP contribution is 2.41. The number of imide groups is 1. The first-order valence-electron chi connectivity index (χ1n) is 16.8. The average molecular weight is 667 g/mol. The summed E-state index contributed by atoms with van der Waals surface area (Å²) in [5.74, 6) is -0.770. The van der Waals surface area contributed by atoms with Crippen LogP contribution in [-0.4, -0.2) is 16.4 Å². The largest absolute Gasteiger partial charge is 0.308 e. The first-order chi connectivity index (χ1) is 25.6. The second-order valence-electron chi connectivity index (χ2n) is 12.7. The van der Waals surface area contributed by atoms with Crippen LogP contribution < -0.4 is 4.90 Å². The summed E-state index contributed by atoms with van der Waals surface area (Å²) < 4.78 is 2.04. The molecule has 0 bridgehead atoms. The fourth-order valence-electron chi connectivity index (χ4n) is 7.43. The fourth-order valence-corrected chi connectivity index (χ4v) is 7.43. The Bertz CT molecular complexity index is 2760. The van der Waals surface area contributed by atoms with E-state index in [-0.39, 0.29) is 5.91 Å². The van der Waals surface area contributed by atoms with Crippen LogP contribution in [-0.2, 0) is 0 Å². The van der Waals surface area contributed by atoms with Gasteiger partial charge in [0.25, 0.3) is 11.8 Å². The van der Waals surface area contributed by atoms with Crippen molar-refractivity contribution in [3.05, 3.63) is 180 Å². The Hall–Kier alpha value is -7.54. The standard InChI is InChI=1S/C46H26N4O2/c47-27-33-12-4-6-16-36(33)31-20-22-41-39(25-31)40-26-32(37-17-7-5-13-34(37)28-48)21-23-42(40)50(41)43-19-9-18-38-44(43)46(52)49(45(38)51)35-15-8-14-30(24-35)29-10-2-1-3-11-29/h1-26H. The van der Waals surface area contributed by atoms with E-state index >= 15 is 0 Å². The van der Waals surface area contributed by atoms with E-state index in [1.165, 1.54) is 4.90 Å². The van der Waals surface area contributed by atoms with Crippen LogP contribution in [0.2, 0.25) is 0 Å². The normalized spacial score (nSPS) is 12.2. The molecule has 0 saturated carbocycles. The highest BCUT2D eigenvalue weighted by molar-refractivity contribution is 6.36. The number of nitrogens with zero attached hydrogens (tertiary/aromatic N) is 4. The van der Waals surface area contributed by atoms with Gasteiger partial charge in [0.2, 0.25) is 0 Å². The minimum Gasteiger partial charge on any atom is -0.308 e. The van der Waals surface area contributed by atoms with Gasteiger partial charge in [0, 0.05) is 10.8 Å². The first kappa shape index (κ1) is 30.5. The molecule has 2 amide bonds. The number of amides is 2. The van der Waals surface area contributed by atoms with Crippen LogP contribution in [0.1, 0.15) is 31.8 Å². The predicted octanol–water partition coefficient (Wildman–Crippen LogP) is 10.3. The molecule has 6 nitrogen and oxygen atoms in total. The Labute approximate surface area is 299 Å². The van der Waals surface area contributed by atoms with Crippen molar-refractivity contribution in [3.8, 4) is 51.2 Å². The summed E-state index contributed by atoms with van der Waals surface area (Å²) >= 11 is 0. The van der Waals surface area contributed by atoms with Gasteiger partial charge in [-0.15, -0.1) is 0 Å². The lowest BCUT2D eigenvalue weighted by atomic mass is 9.96. The number of fused-ring (bicyclic) bond motifs is 4. The SMILES string of the molecule is N#Cc1ccccc1-c1ccc2c(c1)c1cc(-c3ccccc3C#N)ccc1n2-c1cccc2c1C(=O)N(c1cccc(-c3ccccc3)c1)C2=O. The molecule has 242 valence electrons. The van der Waals surface area contributed by atoms with Gasteiger partial charge in [0.15, 0.2) is 0 Å². The number of carbonyl (C=O) groups is 2. The van der Waals surface area contributed by atoms with Crippen LogP contribution in [0.5, 0.6) is 0 Å². The summed E-state index contributed by atoms with van der Waals surface area (Å²) in [5, 5.41) is 21.6. The summed E-state index contributed by atoms with van der Waals surface area (Å²) in [5.41, 5.74) is 9.81. The van der Waals surface area contributed by atoms with Gasteiger partial charge in [-0.1, -0.05) is 97.1 Å². The minimum absolute atomic E-state index is 0.328. The van der Waals surface area contributed by atoms with E-state index in [9.17, 15) is 20.1 Å². The summed E-state index contributed by atoms with van der Waals surface area (Å²) in [7, 11) is 0. The fraction of sp³-hybridized carbons (Fsp3) is 0.